The van der Waals surface area contributed by atoms with Crippen molar-refractivity contribution in [3.05, 3.63) is 42.6 Å². The molecule has 0 unspecified atom stereocenters. The van der Waals surface area contributed by atoms with Gasteiger partial charge in [0.1, 0.15) is 12.1 Å². The fraction of sp³-hybridized carbons (Fsp3) is 0.500. The molecular weight excluding hydrogens is 354 g/mol. The summed E-state index contributed by atoms with van der Waals surface area (Å²) in [5.41, 5.74) is 0.755. The summed E-state index contributed by atoms with van der Waals surface area (Å²) in [6.07, 6.45) is 7.09. The van der Waals surface area contributed by atoms with Crippen molar-refractivity contribution in [2.75, 3.05) is 20.1 Å². The summed E-state index contributed by atoms with van der Waals surface area (Å²) in [6, 6.07) is 4.11. The minimum atomic E-state index is -0.266. The highest BCUT2D eigenvalue weighted by atomic mass is 16.2. The maximum Gasteiger partial charge on any atom is 0.242 e. The van der Waals surface area contributed by atoms with Gasteiger partial charge in [-0.1, -0.05) is 6.07 Å². The Kier molecular flexibility index (Phi) is 5.67. The number of hydrogen-bond donors (Lipinski definition) is 1. The molecule has 0 bridgehead atoms. The Morgan fingerprint density at radius 3 is 2.75 bits per heavy atom. The second-order valence-corrected chi connectivity index (χ2v) is 7.88. The van der Waals surface area contributed by atoms with Gasteiger partial charge in [0, 0.05) is 50.3 Å². The number of carbonyl (C=O) groups is 1. The molecule has 0 atom stereocenters. The van der Waals surface area contributed by atoms with Gasteiger partial charge >= 0.3 is 0 Å². The predicted octanol–water partition coefficient (Wildman–Crippen LogP) is 1.67. The van der Waals surface area contributed by atoms with Gasteiger partial charge in [0.2, 0.25) is 5.91 Å². The molecule has 150 valence electrons. The molecule has 1 amide bonds. The van der Waals surface area contributed by atoms with Crippen molar-refractivity contribution in [3.8, 4) is 5.82 Å². The molecule has 0 aliphatic carbocycles. The zero-order valence-corrected chi connectivity index (χ0v) is 17.3. The number of rotatable bonds is 4. The highest BCUT2D eigenvalue weighted by Crippen LogP contribution is 2.24. The molecule has 1 saturated heterocycles. The number of imidazole rings is 1. The van der Waals surface area contributed by atoms with Crippen LogP contribution in [-0.2, 0) is 11.3 Å². The lowest BCUT2D eigenvalue weighted by atomic mass is 9.96. The van der Waals surface area contributed by atoms with Crippen molar-refractivity contribution in [1.29, 1.82) is 0 Å². The quantitative estimate of drug-likeness (QED) is 0.642. The van der Waals surface area contributed by atoms with Gasteiger partial charge in [0.05, 0.1) is 12.1 Å². The van der Waals surface area contributed by atoms with E-state index in [1.54, 1.807) is 25.8 Å². The molecule has 1 aliphatic heterocycles. The fourth-order valence-electron chi connectivity index (χ4n) is 4.00. The summed E-state index contributed by atoms with van der Waals surface area (Å²) in [7, 11) is 1.74. The third-order valence-electron chi connectivity index (χ3n) is 4.91. The fourth-order valence-corrected chi connectivity index (χ4v) is 4.00. The molecule has 3 heterocycles. The van der Waals surface area contributed by atoms with E-state index < -0.39 is 0 Å². The zero-order chi connectivity index (χ0) is 20.3. The Morgan fingerprint density at radius 2 is 2.14 bits per heavy atom. The van der Waals surface area contributed by atoms with Gasteiger partial charge in [-0.25, -0.2) is 9.97 Å². The zero-order valence-electron chi connectivity index (χ0n) is 17.3. The minimum absolute atomic E-state index is 0.120. The highest BCUT2D eigenvalue weighted by Gasteiger charge is 2.40. The molecule has 1 aliphatic rings. The first-order chi connectivity index (χ1) is 13.3. The number of amides is 1. The lowest BCUT2D eigenvalue weighted by molar-refractivity contribution is -0.145. The Balaban J connectivity index is 1.74. The largest absolute Gasteiger partial charge is 0.352 e. The highest BCUT2D eigenvalue weighted by molar-refractivity contribution is 5.88. The van der Waals surface area contributed by atoms with E-state index in [2.05, 4.69) is 48.0 Å². The van der Waals surface area contributed by atoms with E-state index in [-0.39, 0.29) is 17.5 Å². The molecule has 8 nitrogen and oxygen atoms in total. The smallest absolute Gasteiger partial charge is 0.242 e. The number of nitrogens with zero attached hydrogens (tertiary/aromatic N) is 6. The number of piperazine rings is 1. The maximum absolute atomic E-state index is 12.7. The summed E-state index contributed by atoms with van der Waals surface area (Å²) >= 11 is 0. The molecule has 2 aromatic rings. The lowest BCUT2D eigenvalue weighted by Crippen LogP contribution is -2.66. The van der Waals surface area contributed by atoms with Gasteiger partial charge < -0.3 is 15.1 Å². The topological polar surface area (TPSA) is 78.6 Å². The first kappa shape index (κ1) is 19.9. The van der Waals surface area contributed by atoms with Crippen LogP contribution >= 0.6 is 0 Å². The Morgan fingerprint density at radius 1 is 1.36 bits per heavy atom. The summed E-state index contributed by atoms with van der Waals surface area (Å²) in [4.78, 5) is 29.7. The van der Waals surface area contributed by atoms with Crippen molar-refractivity contribution in [2.24, 2.45) is 4.99 Å². The maximum atomic E-state index is 12.7. The van der Waals surface area contributed by atoms with Crippen LogP contribution in [0, 0.1) is 0 Å². The minimum Gasteiger partial charge on any atom is -0.352 e. The van der Waals surface area contributed by atoms with Crippen LogP contribution in [0.4, 0.5) is 0 Å². The van der Waals surface area contributed by atoms with E-state index in [0.717, 1.165) is 17.9 Å². The summed E-state index contributed by atoms with van der Waals surface area (Å²) in [5.74, 6) is 1.66. The number of aromatic nitrogens is 3. The second-order valence-electron chi connectivity index (χ2n) is 7.88. The number of hydrogen-bond acceptors (Lipinski definition) is 4. The van der Waals surface area contributed by atoms with Crippen LogP contribution in [0.3, 0.4) is 0 Å². The van der Waals surface area contributed by atoms with Crippen LogP contribution in [0.2, 0.25) is 0 Å². The van der Waals surface area contributed by atoms with E-state index in [0.29, 0.717) is 19.0 Å². The molecule has 3 rings (SSSR count). The van der Waals surface area contributed by atoms with Gasteiger partial charge in [-0.2, -0.15) is 0 Å². The molecular formula is C20H29N7O. The van der Waals surface area contributed by atoms with Crippen molar-refractivity contribution in [3.63, 3.8) is 0 Å². The number of guanidine groups is 1. The van der Waals surface area contributed by atoms with E-state index in [9.17, 15) is 4.79 Å². The molecule has 1 fully saturated rings. The molecule has 0 spiro atoms. The molecule has 0 radical (unpaired) electrons. The number of carbonyl (C=O) groups excluding carboxylic acids is 1. The average molecular weight is 384 g/mol. The van der Waals surface area contributed by atoms with E-state index in [4.69, 9.17) is 0 Å². The van der Waals surface area contributed by atoms with Crippen molar-refractivity contribution in [1.82, 2.24) is 29.7 Å². The SMILES string of the molecule is CN=C(NCc1cccnc1-n1ccnc1)N1CC(=O)N(C(C)C)C(C)(C)C1. The molecule has 2 aromatic heterocycles. The Labute approximate surface area is 166 Å². The second kappa shape index (κ2) is 8.00. The third kappa shape index (κ3) is 4.00. The van der Waals surface area contributed by atoms with Crippen LogP contribution in [0.15, 0.2) is 42.0 Å². The molecule has 0 aromatic carbocycles. The van der Waals surface area contributed by atoms with Crippen LogP contribution in [0.1, 0.15) is 33.3 Å². The molecule has 0 saturated carbocycles. The van der Waals surface area contributed by atoms with Crippen LogP contribution < -0.4 is 5.32 Å². The van der Waals surface area contributed by atoms with Crippen LogP contribution in [0.5, 0.6) is 0 Å². The number of nitrogens with one attached hydrogen (secondary N) is 1. The summed E-state index contributed by atoms with van der Waals surface area (Å²) < 4.78 is 1.88. The van der Waals surface area contributed by atoms with E-state index >= 15 is 0 Å². The van der Waals surface area contributed by atoms with Crippen LogP contribution in [0.25, 0.3) is 5.82 Å². The normalized spacial score (nSPS) is 17.4. The van der Waals surface area contributed by atoms with Crippen molar-refractivity contribution in [2.45, 2.75) is 45.8 Å². The van der Waals surface area contributed by atoms with Gasteiger partial charge in [0.25, 0.3) is 0 Å². The summed E-state index contributed by atoms with van der Waals surface area (Å²) in [6.45, 7) is 9.91. The van der Waals surface area contributed by atoms with Gasteiger partial charge in [-0.3, -0.25) is 14.4 Å². The first-order valence-corrected chi connectivity index (χ1v) is 9.53. The molecule has 8 heteroatoms. The van der Waals surface area contributed by atoms with E-state index in [1.165, 1.54) is 0 Å². The first-order valence-electron chi connectivity index (χ1n) is 9.53. The standard InChI is InChI=1S/C20H29N7O/c1-15(2)27-17(28)12-26(13-20(27,3)4)19(21-5)24-11-16-7-6-8-23-18(16)25-10-9-22-14-25/h6-10,14-15H,11-13H2,1-5H3,(H,21,24). The van der Waals surface area contributed by atoms with Crippen molar-refractivity contribution < 1.29 is 4.79 Å². The van der Waals surface area contributed by atoms with Gasteiger partial charge in [-0.05, 0) is 33.8 Å². The molecule has 28 heavy (non-hydrogen) atoms. The average Bonchev–Trinajstić information content (AvgIpc) is 3.15. The monoisotopic (exact) mass is 383 g/mol. The Hall–Kier alpha value is -2.90. The number of aliphatic imine (C=N–C) groups is 1. The summed E-state index contributed by atoms with van der Waals surface area (Å²) in [5, 5.41) is 3.39. The van der Waals surface area contributed by atoms with Crippen molar-refractivity contribution >= 4 is 11.9 Å². The molecule has 1 N–H and O–H groups in total. The van der Waals surface area contributed by atoms with Gasteiger partial charge in [-0.15, -0.1) is 0 Å². The Bertz CT molecular complexity index is 842. The predicted molar refractivity (Wildman–Crippen MR) is 109 cm³/mol. The number of pyridine rings is 1. The third-order valence-corrected chi connectivity index (χ3v) is 4.91. The lowest BCUT2D eigenvalue weighted by Gasteiger charge is -2.49. The van der Waals surface area contributed by atoms with Crippen LogP contribution in [-0.4, -0.2) is 67.9 Å². The van der Waals surface area contributed by atoms with Gasteiger partial charge in [0.15, 0.2) is 5.96 Å². The van der Waals surface area contributed by atoms with E-state index in [1.807, 2.05) is 32.7 Å².